The van der Waals surface area contributed by atoms with E-state index in [1.807, 2.05) is 24.3 Å². The maximum absolute atomic E-state index is 12.7. The first-order valence-corrected chi connectivity index (χ1v) is 9.91. The van der Waals surface area contributed by atoms with Crippen molar-refractivity contribution in [1.29, 1.82) is 0 Å². The van der Waals surface area contributed by atoms with Gasteiger partial charge in [0.2, 0.25) is 0 Å². The summed E-state index contributed by atoms with van der Waals surface area (Å²) in [7, 11) is 1.65. The molecule has 1 aromatic carbocycles. The van der Waals surface area contributed by atoms with E-state index in [4.69, 9.17) is 9.47 Å². The molecule has 6 heteroatoms. The van der Waals surface area contributed by atoms with Gasteiger partial charge in [0.1, 0.15) is 11.4 Å². The third-order valence-corrected chi connectivity index (χ3v) is 6.56. The molecule has 0 bridgehead atoms. The predicted octanol–water partition coefficient (Wildman–Crippen LogP) is 2.84. The quantitative estimate of drug-likeness (QED) is 0.866. The van der Waals surface area contributed by atoms with Crippen LogP contribution >= 0.6 is 11.3 Å². The Hall–Kier alpha value is -1.89. The normalized spacial score (nSPS) is 18.3. The van der Waals surface area contributed by atoms with E-state index < -0.39 is 0 Å². The van der Waals surface area contributed by atoms with Gasteiger partial charge >= 0.3 is 0 Å². The van der Waals surface area contributed by atoms with Gasteiger partial charge in [-0.15, -0.1) is 11.3 Å². The molecule has 26 heavy (non-hydrogen) atoms. The fourth-order valence-corrected chi connectivity index (χ4v) is 5.11. The average Bonchev–Trinajstić information content (AvgIpc) is 3.13. The summed E-state index contributed by atoms with van der Waals surface area (Å²) in [6, 6.07) is 9.82. The molecule has 0 aliphatic carbocycles. The van der Waals surface area contributed by atoms with Crippen molar-refractivity contribution in [1.82, 2.24) is 10.6 Å². The topological polar surface area (TPSA) is 59.6 Å². The number of piperidine rings is 1. The Kier molecular flexibility index (Phi) is 4.98. The predicted molar refractivity (Wildman–Crippen MR) is 102 cm³/mol. The summed E-state index contributed by atoms with van der Waals surface area (Å²) >= 11 is 1.60. The molecule has 3 heterocycles. The highest BCUT2D eigenvalue weighted by Gasteiger charge is 2.41. The smallest absolute Gasteiger partial charge is 0.261 e. The first kappa shape index (κ1) is 17.5. The Balaban J connectivity index is 1.49. The van der Waals surface area contributed by atoms with Crippen LogP contribution in [0.1, 0.15) is 38.5 Å². The zero-order valence-corrected chi connectivity index (χ0v) is 15.8. The molecule has 4 rings (SSSR count). The fraction of sp³-hybridized carbons (Fsp3) is 0.450. The van der Waals surface area contributed by atoms with E-state index in [0.29, 0.717) is 6.54 Å². The zero-order chi connectivity index (χ0) is 18.0. The molecule has 138 valence electrons. The number of ether oxygens (including phenoxy) is 2. The van der Waals surface area contributed by atoms with Gasteiger partial charge in [-0.05, 0) is 61.7 Å². The van der Waals surface area contributed by atoms with Gasteiger partial charge in [0.25, 0.3) is 5.91 Å². The summed E-state index contributed by atoms with van der Waals surface area (Å²) in [5.41, 5.74) is 2.13. The Morgan fingerprint density at radius 2 is 2.19 bits per heavy atom. The van der Waals surface area contributed by atoms with Crippen LogP contribution in [-0.2, 0) is 23.3 Å². The molecular formula is C20H24N2O3S. The molecule has 0 radical (unpaired) electrons. The number of nitrogens with one attached hydrogen (secondary N) is 2. The number of methoxy groups -OCH3 is 1. The molecule has 2 aliphatic heterocycles. The largest absolute Gasteiger partial charge is 0.497 e. The van der Waals surface area contributed by atoms with Crippen molar-refractivity contribution in [3.63, 3.8) is 0 Å². The molecule has 1 fully saturated rings. The molecule has 1 amide bonds. The van der Waals surface area contributed by atoms with Gasteiger partial charge in [-0.25, -0.2) is 0 Å². The molecule has 1 spiro atoms. The van der Waals surface area contributed by atoms with Gasteiger partial charge in [0.15, 0.2) is 0 Å². The van der Waals surface area contributed by atoms with Crippen molar-refractivity contribution >= 4 is 17.2 Å². The summed E-state index contributed by atoms with van der Waals surface area (Å²) in [4.78, 5) is 14.7. The van der Waals surface area contributed by atoms with Crippen LogP contribution in [0.15, 0.2) is 30.3 Å². The van der Waals surface area contributed by atoms with Gasteiger partial charge in [-0.1, -0.05) is 12.1 Å². The van der Waals surface area contributed by atoms with E-state index in [1.165, 1.54) is 10.4 Å². The maximum atomic E-state index is 12.7. The van der Waals surface area contributed by atoms with Crippen LogP contribution in [0, 0.1) is 0 Å². The lowest BCUT2D eigenvalue weighted by Crippen LogP contribution is -2.43. The van der Waals surface area contributed by atoms with Crippen molar-refractivity contribution in [2.45, 2.75) is 31.4 Å². The summed E-state index contributed by atoms with van der Waals surface area (Å²) in [5, 5.41) is 6.43. The van der Waals surface area contributed by atoms with E-state index in [9.17, 15) is 4.79 Å². The number of hydrogen-bond donors (Lipinski definition) is 2. The number of carbonyl (C=O) groups is 1. The second kappa shape index (κ2) is 7.39. The Morgan fingerprint density at radius 3 is 3.00 bits per heavy atom. The molecule has 2 N–H and O–H groups in total. The number of fused-ring (bicyclic) bond motifs is 2. The van der Waals surface area contributed by atoms with E-state index >= 15 is 0 Å². The summed E-state index contributed by atoms with van der Waals surface area (Å²) in [6.07, 6.45) is 2.85. The third kappa shape index (κ3) is 3.37. The van der Waals surface area contributed by atoms with Gasteiger partial charge in [0, 0.05) is 11.4 Å². The van der Waals surface area contributed by atoms with E-state index in [1.54, 1.807) is 18.4 Å². The highest BCUT2D eigenvalue weighted by atomic mass is 32.1. The first-order valence-electron chi connectivity index (χ1n) is 9.09. The van der Waals surface area contributed by atoms with Crippen molar-refractivity contribution in [2.24, 2.45) is 0 Å². The van der Waals surface area contributed by atoms with Gasteiger partial charge in [0.05, 0.1) is 18.6 Å². The minimum atomic E-state index is -0.186. The molecule has 2 aromatic rings. The molecule has 1 aromatic heterocycles. The van der Waals surface area contributed by atoms with Gasteiger partial charge in [-0.2, -0.15) is 0 Å². The first-order chi connectivity index (χ1) is 12.7. The third-order valence-electron chi connectivity index (χ3n) is 5.19. The Bertz CT molecular complexity index is 796. The van der Waals surface area contributed by atoms with Crippen molar-refractivity contribution in [3.8, 4) is 5.75 Å². The van der Waals surface area contributed by atoms with Crippen LogP contribution in [-0.4, -0.2) is 32.7 Å². The number of hydrogen-bond acceptors (Lipinski definition) is 5. The number of thiophene rings is 1. The minimum Gasteiger partial charge on any atom is -0.497 e. The number of amides is 1. The molecule has 0 saturated carbocycles. The number of rotatable bonds is 4. The minimum absolute atomic E-state index is 0.0173. The SMILES string of the molecule is COc1cccc(CNC(=O)c2cc3c(s2)C2(CCNCC2)OCC3)c1. The molecule has 0 unspecified atom stereocenters. The fourth-order valence-electron chi connectivity index (χ4n) is 3.79. The Labute approximate surface area is 157 Å². The highest BCUT2D eigenvalue weighted by Crippen LogP contribution is 2.44. The van der Waals surface area contributed by atoms with Crippen LogP contribution in [0.4, 0.5) is 0 Å². The van der Waals surface area contributed by atoms with Gasteiger partial charge < -0.3 is 20.1 Å². The standard InChI is InChI=1S/C20H24N2O3S/c1-24-16-4-2-3-14(11-16)13-22-19(23)17-12-15-5-10-25-20(18(15)26-17)6-8-21-9-7-20/h2-4,11-12,21H,5-10,13H2,1H3,(H,22,23). The number of carbonyl (C=O) groups excluding carboxylic acids is 1. The van der Waals surface area contributed by atoms with E-state index in [0.717, 1.165) is 55.1 Å². The van der Waals surface area contributed by atoms with Crippen LogP contribution in [0.3, 0.4) is 0 Å². The number of benzene rings is 1. The van der Waals surface area contributed by atoms with Crippen molar-refractivity contribution in [2.75, 3.05) is 26.8 Å². The van der Waals surface area contributed by atoms with Crippen molar-refractivity contribution < 1.29 is 14.3 Å². The Morgan fingerprint density at radius 1 is 1.35 bits per heavy atom. The lowest BCUT2D eigenvalue weighted by Gasteiger charge is -2.40. The summed E-state index contributed by atoms with van der Waals surface area (Å²) in [6.45, 7) is 3.17. The van der Waals surface area contributed by atoms with Crippen LogP contribution < -0.4 is 15.4 Å². The molecule has 5 nitrogen and oxygen atoms in total. The van der Waals surface area contributed by atoms with Crippen LogP contribution in [0.5, 0.6) is 5.75 Å². The molecular weight excluding hydrogens is 348 g/mol. The molecule has 1 saturated heterocycles. The van der Waals surface area contributed by atoms with Gasteiger partial charge in [-0.3, -0.25) is 4.79 Å². The lowest BCUT2D eigenvalue weighted by atomic mass is 9.86. The monoisotopic (exact) mass is 372 g/mol. The second-order valence-electron chi connectivity index (χ2n) is 6.84. The lowest BCUT2D eigenvalue weighted by molar-refractivity contribution is -0.0771. The molecule has 2 aliphatic rings. The van der Waals surface area contributed by atoms with E-state index in [-0.39, 0.29) is 11.5 Å². The average molecular weight is 372 g/mol. The van der Waals surface area contributed by atoms with Crippen LogP contribution in [0.2, 0.25) is 0 Å². The maximum Gasteiger partial charge on any atom is 0.261 e. The summed E-state index contributed by atoms with van der Waals surface area (Å²) in [5.74, 6) is 0.782. The van der Waals surface area contributed by atoms with Crippen molar-refractivity contribution in [3.05, 3.63) is 51.2 Å². The highest BCUT2D eigenvalue weighted by molar-refractivity contribution is 7.14. The van der Waals surface area contributed by atoms with Crippen LogP contribution in [0.25, 0.3) is 0 Å². The second-order valence-corrected chi connectivity index (χ2v) is 7.89. The summed E-state index contributed by atoms with van der Waals surface area (Å²) < 4.78 is 11.4. The molecule has 0 atom stereocenters. The van der Waals surface area contributed by atoms with E-state index in [2.05, 4.69) is 16.7 Å². The zero-order valence-electron chi connectivity index (χ0n) is 15.0.